The van der Waals surface area contributed by atoms with Crippen LogP contribution in [0.15, 0.2) is 17.6 Å². The van der Waals surface area contributed by atoms with E-state index in [0.717, 1.165) is 4.31 Å². The summed E-state index contributed by atoms with van der Waals surface area (Å²) in [5, 5.41) is 8.74. The van der Waals surface area contributed by atoms with E-state index >= 15 is 0 Å². The van der Waals surface area contributed by atoms with Gasteiger partial charge in [0.05, 0.1) is 6.33 Å². The van der Waals surface area contributed by atoms with Gasteiger partial charge in [0, 0.05) is 25.8 Å². The Labute approximate surface area is 118 Å². The molecular formula is C11H20N4O4S. The first kappa shape index (κ1) is 16.6. The number of likely N-dealkylation sites (N-methyl/N-ethyl adjacent to an activating group) is 1. The molecule has 1 aromatic heterocycles. The fourth-order valence-corrected chi connectivity index (χ4v) is 2.84. The molecule has 0 aliphatic carbocycles. The molecule has 1 aromatic rings. The molecular weight excluding hydrogens is 284 g/mol. The average molecular weight is 304 g/mol. The minimum Gasteiger partial charge on any atom is -0.480 e. The van der Waals surface area contributed by atoms with Crippen LogP contribution in [0.4, 0.5) is 0 Å². The Kier molecular flexibility index (Phi) is 5.66. The van der Waals surface area contributed by atoms with Crippen LogP contribution in [0.2, 0.25) is 0 Å². The maximum atomic E-state index is 12.4. The quantitative estimate of drug-likeness (QED) is 0.698. The molecule has 1 N–H and O–H groups in total. The van der Waals surface area contributed by atoms with Gasteiger partial charge in [-0.15, -0.1) is 0 Å². The lowest BCUT2D eigenvalue weighted by Gasteiger charge is -2.21. The van der Waals surface area contributed by atoms with Crippen LogP contribution in [0.25, 0.3) is 0 Å². The number of carbonyl (C=O) groups is 1. The zero-order chi connectivity index (χ0) is 15.3. The number of aromatic nitrogens is 2. The molecule has 0 aliphatic rings. The highest BCUT2D eigenvalue weighted by Crippen LogP contribution is 2.13. The standard InChI is InChI=1S/C11H20N4O4S/c1-4-14-7-10(12-9-14)20(18,19)15(8-11(16)17)6-5-13(2)3/h7,9H,4-6,8H2,1-3H3,(H,16,17). The average Bonchev–Trinajstić information content (AvgIpc) is 2.83. The molecule has 0 aliphatic heterocycles. The van der Waals surface area contributed by atoms with E-state index in [1.807, 2.05) is 6.92 Å². The summed E-state index contributed by atoms with van der Waals surface area (Å²) in [4.78, 5) is 16.5. The summed E-state index contributed by atoms with van der Waals surface area (Å²) in [5.74, 6) is -1.19. The van der Waals surface area contributed by atoms with Crippen molar-refractivity contribution in [1.82, 2.24) is 18.8 Å². The van der Waals surface area contributed by atoms with Crippen LogP contribution in [0.3, 0.4) is 0 Å². The van der Waals surface area contributed by atoms with Crippen molar-refractivity contribution in [2.24, 2.45) is 0 Å². The minimum atomic E-state index is -3.89. The normalized spacial score (nSPS) is 12.2. The molecule has 8 nitrogen and oxygen atoms in total. The Morgan fingerprint density at radius 2 is 2.05 bits per heavy atom. The molecule has 20 heavy (non-hydrogen) atoms. The van der Waals surface area contributed by atoms with Gasteiger partial charge in [-0.3, -0.25) is 4.79 Å². The topological polar surface area (TPSA) is 95.7 Å². The van der Waals surface area contributed by atoms with Crippen LogP contribution < -0.4 is 0 Å². The van der Waals surface area contributed by atoms with Gasteiger partial charge in [0.1, 0.15) is 6.54 Å². The Balaban J connectivity index is 2.99. The second-order valence-electron chi connectivity index (χ2n) is 4.58. The van der Waals surface area contributed by atoms with Crippen LogP contribution in [0.1, 0.15) is 6.92 Å². The molecule has 0 radical (unpaired) electrons. The molecule has 114 valence electrons. The van der Waals surface area contributed by atoms with Crippen molar-refractivity contribution in [1.29, 1.82) is 0 Å². The maximum absolute atomic E-state index is 12.4. The van der Waals surface area contributed by atoms with Crippen LogP contribution in [-0.2, 0) is 21.4 Å². The summed E-state index contributed by atoms with van der Waals surface area (Å²) in [6.07, 6.45) is 2.82. The highest BCUT2D eigenvalue weighted by molar-refractivity contribution is 7.89. The second-order valence-corrected chi connectivity index (χ2v) is 6.46. The molecule has 0 atom stereocenters. The van der Waals surface area contributed by atoms with E-state index < -0.39 is 22.5 Å². The summed E-state index contributed by atoms with van der Waals surface area (Å²) < 4.78 is 27.3. The molecule has 0 saturated heterocycles. The molecule has 0 aromatic carbocycles. The third kappa shape index (κ3) is 4.29. The summed E-state index contributed by atoms with van der Waals surface area (Å²) in [5.41, 5.74) is 0. The number of sulfonamides is 1. The van der Waals surface area contributed by atoms with Crippen LogP contribution >= 0.6 is 0 Å². The number of aliphatic carboxylic acids is 1. The molecule has 0 amide bonds. The molecule has 1 heterocycles. The molecule has 0 spiro atoms. The first-order valence-electron chi connectivity index (χ1n) is 6.15. The van der Waals surface area contributed by atoms with Gasteiger partial charge >= 0.3 is 5.97 Å². The predicted molar refractivity (Wildman–Crippen MR) is 72.8 cm³/mol. The first-order chi connectivity index (χ1) is 9.27. The summed E-state index contributed by atoms with van der Waals surface area (Å²) >= 11 is 0. The second kappa shape index (κ2) is 6.82. The molecule has 0 bridgehead atoms. The first-order valence-corrected chi connectivity index (χ1v) is 7.59. The van der Waals surface area contributed by atoms with Crippen molar-refractivity contribution in [3.8, 4) is 0 Å². The van der Waals surface area contributed by atoms with Gasteiger partial charge in [-0.05, 0) is 21.0 Å². The number of hydrogen-bond acceptors (Lipinski definition) is 5. The number of nitrogens with zero attached hydrogens (tertiary/aromatic N) is 4. The van der Waals surface area contributed by atoms with Gasteiger partial charge in [0.25, 0.3) is 10.0 Å². The van der Waals surface area contributed by atoms with E-state index in [2.05, 4.69) is 4.98 Å². The molecule has 9 heteroatoms. The summed E-state index contributed by atoms with van der Waals surface area (Å²) in [6.45, 7) is 2.41. The molecule has 0 saturated carbocycles. The zero-order valence-electron chi connectivity index (χ0n) is 11.9. The van der Waals surface area contributed by atoms with Gasteiger partial charge < -0.3 is 14.6 Å². The van der Waals surface area contributed by atoms with Crippen molar-refractivity contribution in [3.05, 3.63) is 12.5 Å². The molecule has 0 unspecified atom stereocenters. The SMILES string of the molecule is CCn1cnc(S(=O)(=O)N(CCN(C)C)CC(=O)O)c1. The number of carboxylic acids is 1. The molecule has 0 fully saturated rings. The third-order valence-corrected chi connectivity index (χ3v) is 4.42. The predicted octanol–water partition coefficient (Wildman–Crippen LogP) is -0.460. The number of carboxylic acid groups (broad SMARTS) is 1. The van der Waals surface area contributed by atoms with Crippen molar-refractivity contribution in [2.45, 2.75) is 18.5 Å². The van der Waals surface area contributed by atoms with Gasteiger partial charge in [0.15, 0.2) is 5.03 Å². The monoisotopic (exact) mass is 304 g/mol. The Bertz CT molecular complexity index is 553. The smallest absolute Gasteiger partial charge is 0.318 e. The lowest BCUT2D eigenvalue weighted by Crippen LogP contribution is -2.40. The number of hydrogen-bond donors (Lipinski definition) is 1. The third-order valence-electron chi connectivity index (χ3n) is 2.69. The fourth-order valence-electron chi connectivity index (χ4n) is 1.52. The maximum Gasteiger partial charge on any atom is 0.318 e. The Morgan fingerprint density at radius 1 is 1.40 bits per heavy atom. The van der Waals surface area contributed by atoms with E-state index in [0.29, 0.717) is 13.1 Å². The zero-order valence-corrected chi connectivity index (χ0v) is 12.7. The highest BCUT2D eigenvalue weighted by Gasteiger charge is 2.28. The van der Waals surface area contributed by atoms with Gasteiger partial charge in [-0.25, -0.2) is 13.4 Å². The largest absolute Gasteiger partial charge is 0.480 e. The van der Waals surface area contributed by atoms with Crippen molar-refractivity contribution in [2.75, 3.05) is 33.7 Å². The van der Waals surface area contributed by atoms with Crippen LogP contribution in [0, 0.1) is 0 Å². The summed E-state index contributed by atoms with van der Waals surface area (Å²) in [7, 11) is -0.309. The minimum absolute atomic E-state index is 0.0978. The lowest BCUT2D eigenvalue weighted by atomic mass is 10.5. The van der Waals surface area contributed by atoms with Gasteiger partial charge in [-0.2, -0.15) is 4.31 Å². The van der Waals surface area contributed by atoms with Crippen molar-refractivity contribution in [3.63, 3.8) is 0 Å². The van der Waals surface area contributed by atoms with Crippen molar-refractivity contribution < 1.29 is 18.3 Å². The number of imidazole rings is 1. The lowest BCUT2D eigenvalue weighted by molar-refractivity contribution is -0.137. The fraction of sp³-hybridized carbons (Fsp3) is 0.636. The van der Waals surface area contributed by atoms with Crippen molar-refractivity contribution >= 4 is 16.0 Å². The molecule has 1 rings (SSSR count). The van der Waals surface area contributed by atoms with Crippen LogP contribution in [0.5, 0.6) is 0 Å². The Hall–Kier alpha value is -1.45. The highest BCUT2D eigenvalue weighted by atomic mass is 32.2. The van der Waals surface area contributed by atoms with E-state index in [1.165, 1.54) is 12.5 Å². The van der Waals surface area contributed by atoms with Gasteiger partial charge in [0.2, 0.25) is 0 Å². The van der Waals surface area contributed by atoms with E-state index in [9.17, 15) is 13.2 Å². The van der Waals surface area contributed by atoms with Gasteiger partial charge in [-0.1, -0.05) is 0 Å². The summed E-state index contributed by atoms with van der Waals surface area (Å²) in [6, 6.07) is 0. The van der Waals surface area contributed by atoms with E-state index in [1.54, 1.807) is 23.6 Å². The number of aryl methyl sites for hydroxylation is 1. The Morgan fingerprint density at radius 3 is 2.50 bits per heavy atom. The van der Waals surface area contributed by atoms with E-state index in [4.69, 9.17) is 5.11 Å². The van der Waals surface area contributed by atoms with E-state index in [-0.39, 0.29) is 11.6 Å². The number of rotatable bonds is 8. The van der Waals surface area contributed by atoms with Crippen LogP contribution in [-0.4, -0.2) is 72.0 Å².